The van der Waals surface area contributed by atoms with Crippen LogP contribution < -0.4 is 10.6 Å². The maximum Gasteiger partial charge on any atom is 0.238 e. The molecule has 1 aliphatic heterocycles. The highest BCUT2D eigenvalue weighted by Crippen LogP contribution is 2.35. The number of carbonyl (C=O) groups excluding carboxylic acids is 2. The van der Waals surface area contributed by atoms with Crippen molar-refractivity contribution in [3.63, 3.8) is 0 Å². The molecule has 2 aromatic heterocycles. The lowest BCUT2D eigenvalue weighted by Crippen LogP contribution is -2.63. The summed E-state index contributed by atoms with van der Waals surface area (Å²) in [6, 6.07) is 20.5. The van der Waals surface area contributed by atoms with Gasteiger partial charge in [-0.15, -0.1) is 0 Å². The Morgan fingerprint density at radius 1 is 1.02 bits per heavy atom. The number of amides is 2. The Labute approximate surface area is 301 Å². The molecule has 4 aromatic rings. The third-order valence-corrected chi connectivity index (χ3v) is 10.5. The largest absolute Gasteiger partial charge is 0.459 e. The number of nitrogens with zero attached hydrogens (tertiary/aromatic N) is 3. The molecule has 10 nitrogen and oxygen atoms in total. The van der Waals surface area contributed by atoms with E-state index >= 15 is 0 Å². The summed E-state index contributed by atoms with van der Waals surface area (Å²) in [4.78, 5) is 36.4. The molecule has 3 heterocycles. The van der Waals surface area contributed by atoms with E-state index < -0.39 is 35.7 Å². The van der Waals surface area contributed by atoms with E-state index in [1.54, 1.807) is 12.4 Å². The fourth-order valence-electron chi connectivity index (χ4n) is 7.48. The Balaban J connectivity index is 1.18. The molecule has 10 heteroatoms. The second-order valence-electron chi connectivity index (χ2n) is 16.1. The van der Waals surface area contributed by atoms with Gasteiger partial charge in [-0.25, -0.2) is 0 Å². The zero-order valence-corrected chi connectivity index (χ0v) is 30.5. The van der Waals surface area contributed by atoms with Crippen LogP contribution >= 0.6 is 0 Å². The third-order valence-electron chi connectivity index (χ3n) is 10.5. The maximum absolute atomic E-state index is 14.0. The van der Waals surface area contributed by atoms with E-state index in [0.29, 0.717) is 39.0 Å². The second kappa shape index (κ2) is 15.3. The molecule has 51 heavy (non-hydrogen) atoms. The first-order valence-electron chi connectivity index (χ1n) is 18.2. The number of rotatable bonds is 12. The second-order valence-corrected chi connectivity index (χ2v) is 16.1. The number of furan rings is 1. The summed E-state index contributed by atoms with van der Waals surface area (Å²) in [6.07, 6.45) is 3.07. The van der Waals surface area contributed by atoms with Gasteiger partial charge >= 0.3 is 0 Å². The van der Waals surface area contributed by atoms with E-state index in [1.807, 2.05) is 66.7 Å². The van der Waals surface area contributed by atoms with E-state index in [2.05, 4.69) is 60.0 Å². The topological polar surface area (TPSA) is 131 Å². The van der Waals surface area contributed by atoms with Gasteiger partial charge in [0.1, 0.15) is 17.4 Å². The molecule has 2 aliphatic rings. The summed E-state index contributed by atoms with van der Waals surface area (Å²) in [5, 5.41) is 29.8. The highest BCUT2D eigenvalue weighted by molar-refractivity contribution is 5.82. The first-order chi connectivity index (χ1) is 24.3. The Morgan fingerprint density at radius 3 is 2.51 bits per heavy atom. The molecule has 272 valence electrons. The molecule has 1 aliphatic carbocycles. The van der Waals surface area contributed by atoms with Gasteiger partial charge in [0.05, 0.1) is 23.8 Å². The van der Waals surface area contributed by atoms with Crippen molar-refractivity contribution >= 4 is 22.8 Å². The lowest BCUT2D eigenvalue weighted by atomic mass is 9.91. The molecule has 4 N–H and O–H groups in total. The highest BCUT2D eigenvalue weighted by Gasteiger charge is 2.42. The number of carbonyl (C=O) groups is 2. The van der Waals surface area contributed by atoms with Gasteiger partial charge in [-0.05, 0) is 60.9 Å². The van der Waals surface area contributed by atoms with E-state index in [-0.39, 0.29) is 30.2 Å². The summed E-state index contributed by atoms with van der Waals surface area (Å²) in [5.74, 6) is -0.0273. The predicted molar refractivity (Wildman–Crippen MR) is 198 cm³/mol. The molecule has 0 saturated carbocycles. The van der Waals surface area contributed by atoms with Crippen LogP contribution in [0.25, 0.3) is 11.0 Å². The van der Waals surface area contributed by atoms with Gasteiger partial charge in [-0.1, -0.05) is 75.4 Å². The lowest BCUT2D eigenvalue weighted by Gasteiger charge is -2.47. The van der Waals surface area contributed by atoms with E-state index in [0.717, 1.165) is 33.4 Å². The lowest BCUT2D eigenvalue weighted by molar-refractivity contribution is -0.133. The van der Waals surface area contributed by atoms with Crippen molar-refractivity contribution in [1.29, 1.82) is 0 Å². The number of aliphatic hydroxyl groups excluding tert-OH is 2. The molecule has 1 saturated heterocycles. The zero-order valence-electron chi connectivity index (χ0n) is 30.5. The summed E-state index contributed by atoms with van der Waals surface area (Å²) >= 11 is 0. The van der Waals surface area contributed by atoms with Crippen molar-refractivity contribution in [2.75, 3.05) is 32.7 Å². The van der Waals surface area contributed by atoms with E-state index in [1.165, 1.54) is 0 Å². The van der Waals surface area contributed by atoms with Gasteiger partial charge in [0.15, 0.2) is 0 Å². The van der Waals surface area contributed by atoms with Crippen molar-refractivity contribution in [2.24, 2.45) is 11.3 Å². The fourth-order valence-corrected chi connectivity index (χ4v) is 7.48. The Hall–Kier alpha value is -4.09. The quantitative estimate of drug-likeness (QED) is 0.169. The normalized spacial score (nSPS) is 21.3. The molecule has 5 atom stereocenters. The van der Waals surface area contributed by atoms with Crippen LogP contribution in [0, 0.1) is 11.3 Å². The van der Waals surface area contributed by atoms with Crippen LogP contribution in [0.15, 0.2) is 83.5 Å². The minimum atomic E-state index is -0.870. The smallest absolute Gasteiger partial charge is 0.238 e. The van der Waals surface area contributed by atoms with Crippen molar-refractivity contribution in [3.05, 3.63) is 102 Å². The van der Waals surface area contributed by atoms with Gasteiger partial charge < -0.3 is 25.3 Å². The standard InChI is InChI=1S/C41H53N5O5/c1-40(2,3)26-43-39(50)33-25-46(41(4,5)36-22-30-23-42-16-15-35(30)51-36)18-17-45(33)24-31(47)20-29(19-27-11-7-6-8-12-27)38(49)44-37-32-14-10-9-13-28(32)21-34(37)48/h6-16,22-23,29,31,33-34,37,47-48H,17-21,24-26H2,1-5H3,(H,43,50)(H,44,49)/t29-,31+,33+,34-,37+/m1/s1. The monoisotopic (exact) mass is 695 g/mol. The first kappa shape index (κ1) is 36.7. The van der Waals surface area contributed by atoms with Crippen molar-refractivity contribution in [3.8, 4) is 0 Å². The molecular formula is C41H53N5O5. The molecule has 0 radical (unpaired) electrons. The fraction of sp³-hybridized carbons (Fsp3) is 0.488. The average Bonchev–Trinajstić information content (AvgIpc) is 3.68. The van der Waals surface area contributed by atoms with Gasteiger partial charge in [0, 0.05) is 62.8 Å². The average molecular weight is 696 g/mol. The summed E-state index contributed by atoms with van der Waals surface area (Å²) in [7, 11) is 0. The number of aromatic nitrogens is 1. The molecule has 0 unspecified atom stereocenters. The van der Waals surface area contributed by atoms with Crippen LogP contribution in [-0.2, 0) is 28.0 Å². The first-order valence-corrected chi connectivity index (χ1v) is 18.2. The Morgan fingerprint density at radius 2 is 1.76 bits per heavy atom. The SMILES string of the molecule is CC(C)(C)CNC(=O)[C@@H]1CN(C(C)(C)c2cc3cnccc3o2)CCN1C[C@@H](O)C[C@@H](Cc1ccccc1)C(=O)N[C@H]1c2ccccc2C[C@H]1O. The number of hydrogen-bond acceptors (Lipinski definition) is 8. The Kier molecular flexibility index (Phi) is 11.0. The highest BCUT2D eigenvalue weighted by atomic mass is 16.3. The number of piperazine rings is 1. The number of pyridine rings is 1. The summed E-state index contributed by atoms with van der Waals surface area (Å²) in [6.45, 7) is 12.9. The number of aliphatic hydroxyl groups is 2. The summed E-state index contributed by atoms with van der Waals surface area (Å²) in [5.41, 5.74) is 3.13. The van der Waals surface area contributed by atoms with Crippen molar-refractivity contribution in [2.45, 2.75) is 83.7 Å². The van der Waals surface area contributed by atoms with Gasteiger partial charge in [0.2, 0.25) is 11.8 Å². The molecule has 6 rings (SSSR count). The molecule has 1 fully saturated rings. The van der Waals surface area contributed by atoms with Crippen LogP contribution in [0.1, 0.15) is 69.5 Å². The number of hydrogen-bond donors (Lipinski definition) is 4. The maximum atomic E-state index is 14.0. The number of nitrogens with one attached hydrogen (secondary N) is 2. The van der Waals surface area contributed by atoms with Gasteiger partial charge in [0.25, 0.3) is 0 Å². The Bertz CT molecular complexity index is 1770. The van der Waals surface area contributed by atoms with Crippen LogP contribution in [0.3, 0.4) is 0 Å². The van der Waals surface area contributed by atoms with Gasteiger partial charge in [-0.3, -0.25) is 24.4 Å². The molecule has 0 spiro atoms. The molecular weight excluding hydrogens is 642 g/mol. The minimum absolute atomic E-state index is 0.0844. The minimum Gasteiger partial charge on any atom is -0.459 e. The third kappa shape index (κ3) is 8.69. The number of β-amino-alcohol motifs (C(OH)–C–C–N with tert-alkyl or cyclic N) is 1. The van der Waals surface area contributed by atoms with Crippen LogP contribution in [0.5, 0.6) is 0 Å². The summed E-state index contributed by atoms with van der Waals surface area (Å²) < 4.78 is 6.26. The zero-order chi connectivity index (χ0) is 36.3. The van der Waals surface area contributed by atoms with E-state index in [9.17, 15) is 19.8 Å². The molecule has 2 amide bonds. The van der Waals surface area contributed by atoms with Crippen molar-refractivity contribution < 1.29 is 24.2 Å². The van der Waals surface area contributed by atoms with E-state index in [4.69, 9.17) is 4.42 Å². The molecule has 2 aromatic carbocycles. The van der Waals surface area contributed by atoms with Crippen LogP contribution in [0.4, 0.5) is 0 Å². The van der Waals surface area contributed by atoms with Crippen LogP contribution in [0.2, 0.25) is 0 Å². The van der Waals surface area contributed by atoms with Crippen molar-refractivity contribution in [1.82, 2.24) is 25.4 Å². The number of benzene rings is 2. The molecule has 0 bridgehead atoms. The predicted octanol–water partition coefficient (Wildman–Crippen LogP) is 4.60. The number of fused-ring (bicyclic) bond motifs is 2. The van der Waals surface area contributed by atoms with Crippen LogP contribution in [-0.4, -0.2) is 87.8 Å². The van der Waals surface area contributed by atoms with Gasteiger partial charge in [-0.2, -0.15) is 0 Å².